The number of rotatable bonds is 4. The number of nitrogen functional groups attached to an aromatic ring is 1. The number of halogens is 5. The Kier molecular flexibility index (Phi) is 7.02. The molecule has 148 valence electrons. The lowest BCUT2D eigenvalue weighted by Crippen LogP contribution is -2.21. The molecule has 0 aromatic carbocycles. The summed E-state index contributed by atoms with van der Waals surface area (Å²) in [5, 5.41) is 13.0. The molecule has 0 unspecified atom stereocenters. The van der Waals surface area contributed by atoms with Crippen LogP contribution in [0.15, 0.2) is 24.5 Å². The number of pyridine rings is 1. The molecule has 0 atom stereocenters. The number of hydrogen-bond acceptors (Lipinski definition) is 6. The molecule has 0 aliphatic heterocycles. The third kappa shape index (κ3) is 6.41. The number of carboxylic acid groups (broad SMARTS) is 1. The number of aliphatic carboxylic acids is 1. The Bertz CT molecular complexity index is 809. The van der Waals surface area contributed by atoms with Crippen molar-refractivity contribution in [3.05, 3.63) is 30.1 Å². The van der Waals surface area contributed by atoms with E-state index in [1.54, 1.807) is 0 Å². The van der Waals surface area contributed by atoms with Gasteiger partial charge >= 0.3 is 18.7 Å². The van der Waals surface area contributed by atoms with Gasteiger partial charge in [-0.1, -0.05) is 0 Å². The molecule has 4 N–H and O–H groups in total. The number of amides is 1. The lowest BCUT2D eigenvalue weighted by atomic mass is 10.2. The lowest BCUT2D eigenvalue weighted by Gasteiger charge is -2.08. The van der Waals surface area contributed by atoms with Crippen LogP contribution in [0.1, 0.15) is 16.9 Å². The Hall–Kier alpha value is -3.45. The van der Waals surface area contributed by atoms with Crippen molar-refractivity contribution in [2.75, 3.05) is 18.2 Å². The van der Waals surface area contributed by atoms with E-state index in [-0.39, 0.29) is 22.9 Å². The first-order valence-corrected chi connectivity index (χ1v) is 6.70. The largest absolute Gasteiger partial charge is 0.496 e. The molecule has 0 bridgehead atoms. The number of nitrogens with zero attached hydrogens (tertiary/aromatic N) is 3. The summed E-state index contributed by atoms with van der Waals surface area (Å²) in [6, 6.07) is 2.63. The quantitative estimate of drug-likeness (QED) is 0.674. The molecule has 2 rings (SSSR count). The number of carbonyl (C=O) groups excluding carboxylic acids is 1. The number of carboxylic acids is 1. The molecule has 0 saturated heterocycles. The average Bonchev–Trinajstić information content (AvgIpc) is 3.03. The molecule has 2 aromatic rings. The van der Waals surface area contributed by atoms with Crippen LogP contribution in [0.25, 0.3) is 0 Å². The van der Waals surface area contributed by atoms with Crippen LogP contribution in [-0.4, -0.2) is 45.0 Å². The number of ether oxygens (including phenoxy) is 1. The Morgan fingerprint density at radius 2 is 1.96 bits per heavy atom. The minimum Gasteiger partial charge on any atom is -0.496 e. The second-order valence-electron chi connectivity index (χ2n) is 4.53. The normalized spacial score (nSPS) is 10.8. The summed E-state index contributed by atoms with van der Waals surface area (Å²) in [6.45, 7) is -2.77. The van der Waals surface area contributed by atoms with E-state index in [1.807, 2.05) is 0 Å². The van der Waals surface area contributed by atoms with Crippen LogP contribution in [0.2, 0.25) is 0 Å². The van der Waals surface area contributed by atoms with Gasteiger partial charge in [-0.25, -0.2) is 14.5 Å². The minimum absolute atomic E-state index is 0.00539. The van der Waals surface area contributed by atoms with Crippen molar-refractivity contribution in [1.82, 2.24) is 14.8 Å². The second kappa shape index (κ2) is 8.77. The highest BCUT2D eigenvalue weighted by molar-refractivity contribution is 6.05. The molecule has 9 nitrogen and oxygen atoms in total. The van der Waals surface area contributed by atoms with E-state index in [9.17, 15) is 26.7 Å². The summed E-state index contributed by atoms with van der Waals surface area (Å²) in [7, 11) is 1.37. The van der Waals surface area contributed by atoms with Gasteiger partial charge in [-0.2, -0.15) is 27.1 Å². The van der Waals surface area contributed by atoms with Crippen LogP contribution in [0.5, 0.6) is 5.75 Å². The second-order valence-corrected chi connectivity index (χ2v) is 4.53. The highest BCUT2D eigenvalue weighted by atomic mass is 19.4. The van der Waals surface area contributed by atoms with Gasteiger partial charge in [0, 0.05) is 24.5 Å². The van der Waals surface area contributed by atoms with E-state index in [0.29, 0.717) is 4.68 Å². The van der Waals surface area contributed by atoms with Gasteiger partial charge in [0.25, 0.3) is 5.91 Å². The zero-order chi connectivity index (χ0) is 20.8. The zero-order valence-electron chi connectivity index (χ0n) is 13.4. The van der Waals surface area contributed by atoms with Crippen molar-refractivity contribution in [2.45, 2.75) is 12.7 Å². The maximum absolute atomic E-state index is 12.3. The fourth-order valence-corrected chi connectivity index (χ4v) is 1.49. The Labute approximate surface area is 147 Å². The van der Waals surface area contributed by atoms with Gasteiger partial charge in [-0.05, 0) is 0 Å². The van der Waals surface area contributed by atoms with E-state index < -0.39 is 24.6 Å². The van der Waals surface area contributed by atoms with Gasteiger partial charge in [0.05, 0.1) is 7.11 Å². The van der Waals surface area contributed by atoms with E-state index in [2.05, 4.69) is 15.4 Å². The first kappa shape index (κ1) is 21.6. The fourth-order valence-electron chi connectivity index (χ4n) is 1.49. The van der Waals surface area contributed by atoms with Crippen LogP contribution in [0.4, 0.5) is 33.6 Å². The van der Waals surface area contributed by atoms with Crippen LogP contribution >= 0.6 is 0 Å². The van der Waals surface area contributed by atoms with Crippen molar-refractivity contribution in [2.24, 2.45) is 0 Å². The Morgan fingerprint density at radius 3 is 2.41 bits per heavy atom. The molecule has 2 aromatic heterocycles. The number of methoxy groups -OCH3 is 1. The average molecular weight is 397 g/mol. The maximum Gasteiger partial charge on any atom is 0.490 e. The third-order valence-corrected chi connectivity index (χ3v) is 2.64. The zero-order valence-corrected chi connectivity index (χ0v) is 13.4. The van der Waals surface area contributed by atoms with Crippen LogP contribution < -0.4 is 15.8 Å². The van der Waals surface area contributed by atoms with Gasteiger partial charge in [-0.15, -0.1) is 0 Å². The third-order valence-electron chi connectivity index (χ3n) is 2.64. The van der Waals surface area contributed by atoms with Gasteiger partial charge in [0.15, 0.2) is 5.82 Å². The maximum atomic E-state index is 12.3. The van der Waals surface area contributed by atoms with E-state index in [0.717, 1.165) is 6.20 Å². The highest BCUT2D eigenvalue weighted by Crippen LogP contribution is 2.21. The van der Waals surface area contributed by atoms with Crippen molar-refractivity contribution < 1.29 is 41.4 Å². The molecule has 2 heterocycles. The standard InChI is InChI=1S/C11H11F2N5O2.C2HF3O2/c1-20-7-4-8(14)15-5-6(7)10(19)16-9-2-3-18(17-9)11(12)13;3-2(4,5)1(6)7/h2-5,11H,1H3,(H2,14,15)(H,16,17,19);(H,6,7). The van der Waals surface area contributed by atoms with Gasteiger partial charge in [-0.3, -0.25) is 4.79 Å². The smallest absolute Gasteiger partial charge is 0.490 e. The number of carbonyl (C=O) groups is 2. The topological polar surface area (TPSA) is 132 Å². The predicted molar refractivity (Wildman–Crippen MR) is 80.3 cm³/mol. The lowest BCUT2D eigenvalue weighted by molar-refractivity contribution is -0.192. The van der Waals surface area contributed by atoms with Crippen LogP contribution in [0, 0.1) is 0 Å². The van der Waals surface area contributed by atoms with E-state index >= 15 is 0 Å². The SMILES string of the molecule is COc1cc(N)ncc1C(=O)Nc1ccn(C(F)F)n1.O=C(O)C(F)(F)F. The molecule has 1 amide bonds. The Balaban J connectivity index is 0.000000445. The van der Waals surface area contributed by atoms with Crippen molar-refractivity contribution in [3.8, 4) is 5.75 Å². The predicted octanol–water partition coefficient (Wildman–Crippen LogP) is 2.15. The summed E-state index contributed by atoms with van der Waals surface area (Å²) in [6.07, 6.45) is -2.80. The van der Waals surface area contributed by atoms with E-state index in [1.165, 1.54) is 25.4 Å². The van der Waals surface area contributed by atoms with Crippen molar-refractivity contribution >= 4 is 23.5 Å². The number of aromatic nitrogens is 3. The van der Waals surface area contributed by atoms with Gasteiger partial charge in [0.1, 0.15) is 17.1 Å². The number of anilines is 2. The van der Waals surface area contributed by atoms with E-state index in [4.69, 9.17) is 20.4 Å². The molecule has 0 aliphatic carbocycles. The Morgan fingerprint density at radius 1 is 1.37 bits per heavy atom. The molecule has 14 heteroatoms. The number of hydrogen-bond donors (Lipinski definition) is 3. The van der Waals surface area contributed by atoms with Crippen molar-refractivity contribution in [1.29, 1.82) is 0 Å². The summed E-state index contributed by atoms with van der Waals surface area (Å²) >= 11 is 0. The number of alkyl halides is 5. The van der Waals surface area contributed by atoms with Gasteiger partial charge < -0.3 is 20.9 Å². The van der Waals surface area contributed by atoms with Gasteiger partial charge in [0.2, 0.25) is 0 Å². The summed E-state index contributed by atoms with van der Waals surface area (Å²) in [5.41, 5.74) is 5.59. The molecular formula is C13H12F5N5O4. The van der Waals surface area contributed by atoms with Crippen molar-refractivity contribution in [3.63, 3.8) is 0 Å². The van der Waals surface area contributed by atoms with Crippen LogP contribution in [0.3, 0.4) is 0 Å². The molecular weight excluding hydrogens is 385 g/mol. The summed E-state index contributed by atoms with van der Waals surface area (Å²) < 4.78 is 61.9. The molecule has 0 spiro atoms. The number of nitrogens with two attached hydrogens (primary N) is 1. The first-order chi connectivity index (χ1) is 12.5. The molecule has 0 aliphatic rings. The molecule has 0 radical (unpaired) electrons. The number of nitrogens with one attached hydrogen (secondary N) is 1. The monoisotopic (exact) mass is 397 g/mol. The molecule has 0 fully saturated rings. The summed E-state index contributed by atoms with van der Waals surface area (Å²) in [5.74, 6) is -2.93. The van der Waals surface area contributed by atoms with Crippen LogP contribution in [-0.2, 0) is 4.79 Å². The minimum atomic E-state index is -5.08. The first-order valence-electron chi connectivity index (χ1n) is 6.70. The molecule has 0 saturated carbocycles. The highest BCUT2D eigenvalue weighted by Gasteiger charge is 2.38. The molecule has 27 heavy (non-hydrogen) atoms. The summed E-state index contributed by atoms with van der Waals surface area (Å²) in [4.78, 5) is 24.6. The fraction of sp³-hybridized carbons (Fsp3) is 0.231.